The molecule has 0 atom stereocenters. The van der Waals surface area contributed by atoms with Crippen molar-refractivity contribution in [2.75, 3.05) is 24.3 Å². The van der Waals surface area contributed by atoms with E-state index in [-0.39, 0.29) is 11.9 Å². The molecule has 1 aromatic heterocycles. The van der Waals surface area contributed by atoms with Crippen LogP contribution in [0.5, 0.6) is 0 Å². The first-order valence-corrected chi connectivity index (χ1v) is 11.4. The number of nitrogens with zero attached hydrogens (tertiary/aromatic N) is 3. The number of hydrogen-bond acceptors (Lipinski definition) is 6. The van der Waals surface area contributed by atoms with Crippen LogP contribution >= 0.6 is 23.2 Å². The van der Waals surface area contributed by atoms with Gasteiger partial charge in [-0.25, -0.2) is 9.78 Å². The third kappa shape index (κ3) is 9.06. The SMILES string of the molecule is Cc1cc(N[C@H]2CC[C@@H](NC(=O)c3ccc(Cl)c(Cl)c3)CC2)nc(N(C)C)n1.O=C(O)C(F)(F)F. The molecule has 0 spiro atoms. The van der Waals surface area contributed by atoms with Gasteiger partial charge in [-0.2, -0.15) is 18.2 Å². The highest BCUT2D eigenvalue weighted by molar-refractivity contribution is 6.42. The van der Waals surface area contributed by atoms with Crippen LogP contribution in [0, 0.1) is 6.92 Å². The summed E-state index contributed by atoms with van der Waals surface area (Å²) in [5, 5.41) is 14.6. The van der Waals surface area contributed by atoms with E-state index >= 15 is 0 Å². The van der Waals surface area contributed by atoms with Gasteiger partial charge in [-0.1, -0.05) is 23.2 Å². The van der Waals surface area contributed by atoms with Gasteiger partial charge in [-0.05, 0) is 50.8 Å². The predicted octanol–water partition coefficient (Wildman–Crippen LogP) is 4.94. The Kier molecular flexibility index (Phi) is 9.96. The number of aryl methyl sites for hydroxylation is 1. The van der Waals surface area contributed by atoms with Crippen LogP contribution in [0.1, 0.15) is 41.7 Å². The highest BCUT2D eigenvalue weighted by atomic mass is 35.5. The van der Waals surface area contributed by atoms with E-state index < -0.39 is 12.1 Å². The van der Waals surface area contributed by atoms with Crippen molar-refractivity contribution < 1.29 is 27.9 Å². The lowest BCUT2D eigenvalue weighted by Crippen LogP contribution is -2.40. The summed E-state index contributed by atoms with van der Waals surface area (Å²) in [5.41, 5.74) is 1.46. The minimum absolute atomic E-state index is 0.114. The van der Waals surface area contributed by atoms with Gasteiger partial charge in [0.15, 0.2) is 0 Å². The number of carbonyl (C=O) groups is 2. The topological polar surface area (TPSA) is 107 Å². The fraction of sp³-hybridized carbons (Fsp3) is 0.455. The smallest absolute Gasteiger partial charge is 0.475 e. The van der Waals surface area contributed by atoms with Crippen molar-refractivity contribution in [1.82, 2.24) is 15.3 Å². The Morgan fingerprint density at radius 1 is 1.03 bits per heavy atom. The summed E-state index contributed by atoms with van der Waals surface area (Å²) in [5.74, 6) is -1.32. The van der Waals surface area contributed by atoms with E-state index in [1.165, 1.54) is 0 Å². The first-order chi connectivity index (χ1) is 16.3. The van der Waals surface area contributed by atoms with Crippen molar-refractivity contribution in [3.05, 3.63) is 45.6 Å². The molecule has 1 amide bonds. The second-order valence-electron chi connectivity index (χ2n) is 8.19. The van der Waals surface area contributed by atoms with E-state index in [0.29, 0.717) is 27.6 Å². The lowest BCUT2D eigenvalue weighted by Gasteiger charge is -2.30. The molecule has 0 radical (unpaired) electrons. The van der Waals surface area contributed by atoms with Crippen LogP contribution in [0.2, 0.25) is 10.0 Å². The van der Waals surface area contributed by atoms with Crippen LogP contribution in [0.15, 0.2) is 24.3 Å². The van der Waals surface area contributed by atoms with Gasteiger partial charge in [0.05, 0.1) is 10.0 Å². The van der Waals surface area contributed by atoms with Crippen molar-refractivity contribution in [3.63, 3.8) is 0 Å². The summed E-state index contributed by atoms with van der Waals surface area (Å²) in [6.07, 6.45) is -1.33. The highest BCUT2D eigenvalue weighted by Crippen LogP contribution is 2.25. The lowest BCUT2D eigenvalue weighted by molar-refractivity contribution is -0.192. The van der Waals surface area contributed by atoms with E-state index in [4.69, 9.17) is 33.1 Å². The van der Waals surface area contributed by atoms with Gasteiger partial charge >= 0.3 is 12.1 Å². The largest absolute Gasteiger partial charge is 0.490 e. The fourth-order valence-corrected chi connectivity index (χ4v) is 3.62. The van der Waals surface area contributed by atoms with Crippen LogP contribution in [-0.2, 0) is 4.79 Å². The molecular weight excluding hydrogens is 510 g/mol. The minimum atomic E-state index is -5.08. The minimum Gasteiger partial charge on any atom is -0.475 e. The zero-order valence-corrected chi connectivity index (χ0v) is 20.8. The van der Waals surface area contributed by atoms with Crippen molar-refractivity contribution in [2.45, 2.75) is 50.9 Å². The van der Waals surface area contributed by atoms with Crippen LogP contribution in [0.25, 0.3) is 0 Å². The third-order valence-electron chi connectivity index (χ3n) is 5.08. The summed E-state index contributed by atoms with van der Waals surface area (Å²) < 4.78 is 31.7. The number of aliphatic carboxylic acids is 1. The zero-order valence-electron chi connectivity index (χ0n) is 19.3. The summed E-state index contributed by atoms with van der Waals surface area (Å²) in [4.78, 5) is 32.2. The van der Waals surface area contributed by atoms with Gasteiger partial charge in [0.25, 0.3) is 5.91 Å². The maximum absolute atomic E-state index is 12.4. The number of alkyl halides is 3. The number of carboxylic acid groups (broad SMARTS) is 1. The van der Waals surface area contributed by atoms with Gasteiger partial charge in [-0.3, -0.25) is 4.79 Å². The number of carboxylic acids is 1. The quantitative estimate of drug-likeness (QED) is 0.497. The Labute approximate surface area is 210 Å². The summed E-state index contributed by atoms with van der Waals surface area (Å²) in [7, 11) is 3.86. The number of anilines is 2. The molecule has 1 saturated carbocycles. The average molecular weight is 536 g/mol. The molecule has 0 aliphatic heterocycles. The number of aromatic nitrogens is 2. The fourth-order valence-electron chi connectivity index (χ4n) is 3.32. The molecule has 1 fully saturated rings. The number of rotatable bonds is 5. The van der Waals surface area contributed by atoms with Crippen LogP contribution in [-0.4, -0.2) is 59.3 Å². The van der Waals surface area contributed by atoms with E-state index in [9.17, 15) is 18.0 Å². The summed E-state index contributed by atoms with van der Waals surface area (Å²) in [6.45, 7) is 1.97. The molecule has 1 aromatic carbocycles. The maximum atomic E-state index is 12.4. The van der Waals surface area contributed by atoms with Gasteiger partial charge < -0.3 is 20.6 Å². The van der Waals surface area contributed by atoms with Crippen LogP contribution < -0.4 is 15.5 Å². The molecule has 192 valence electrons. The summed E-state index contributed by atoms with van der Waals surface area (Å²) >= 11 is 11.9. The van der Waals surface area contributed by atoms with Crippen molar-refractivity contribution in [1.29, 1.82) is 0 Å². The highest BCUT2D eigenvalue weighted by Gasteiger charge is 2.38. The number of halogens is 5. The molecule has 2 aromatic rings. The molecule has 3 rings (SSSR count). The number of nitrogens with one attached hydrogen (secondary N) is 2. The molecule has 8 nitrogen and oxygen atoms in total. The Balaban J connectivity index is 0.000000540. The first kappa shape index (κ1) is 28.4. The van der Waals surface area contributed by atoms with E-state index in [2.05, 4.69) is 20.6 Å². The van der Waals surface area contributed by atoms with Crippen LogP contribution in [0.3, 0.4) is 0 Å². The van der Waals surface area contributed by atoms with Gasteiger partial charge in [0, 0.05) is 43.5 Å². The zero-order chi connectivity index (χ0) is 26.3. The normalized spacial score (nSPS) is 17.6. The first-order valence-electron chi connectivity index (χ1n) is 10.6. The van der Waals surface area contributed by atoms with E-state index in [1.807, 2.05) is 32.0 Å². The lowest BCUT2D eigenvalue weighted by atomic mass is 9.91. The summed E-state index contributed by atoms with van der Waals surface area (Å²) in [6, 6.07) is 7.39. The third-order valence-corrected chi connectivity index (χ3v) is 5.82. The molecule has 1 aliphatic rings. The predicted molar refractivity (Wildman–Crippen MR) is 128 cm³/mol. The molecule has 35 heavy (non-hydrogen) atoms. The number of amides is 1. The van der Waals surface area contributed by atoms with Crippen molar-refractivity contribution in [2.24, 2.45) is 0 Å². The Bertz CT molecular complexity index is 1050. The van der Waals surface area contributed by atoms with E-state index in [1.54, 1.807) is 18.2 Å². The average Bonchev–Trinajstić information content (AvgIpc) is 2.76. The molecule has 0 bridgehead atoms. The molecule has 3 N–H and O–H groups in total. The molecule has 0 unspecified atom stereocenters. The number of benzene rings is 1. The Hall–Kier alpha value is -2.79. The number of carbonyl (C=O) groups excluding carboxylic acids is 1. The maximum Gasteiger partial charge on any atom is 0.490 e. The molecular formula is C22H26Cl2F3N5O3. The Morgan fingerprint density at radius 3 is 2.11 bits per heavy atom. The molecule has 1 aliphatic carbocycles. The monoisotopic (exact) mass is 535 g/mol. The standard InChI is InChI=1S/C20H25Cl2N5O.C2HF3O2/c1-12-10-18(26-20(23-12)27(2)3)24-14-5-7-15(8-6-14)25-19(28)13-4-9-16(21)17(22)11-13;3-2(4,5)1(6)7/h4,9-11,14-15H,5-8H2,1-3H3,(H,25,28)(H,23,24,26);(H,6,7)/t14-,15+;. The second kappa shape index (κ2) is 12.3. The van der Waals surface area contributed by atoms with Crippen molar-refractivity contribution in [3.8, 4) is 0 Å². The van der Waals surface area contributed by atoms with Crippen molar-refractivity contribution >= 4 is 46.8 Å². The molecule has 0 saturated heterocycles. The number of hydrogen-bond donors (Lipinski definition) is 3. The molecule has 13 heteroatoms. The molecule has 1 heterocycles. The second-order valence-corrected chi connectivity index (χ2v) is 9.00. The van der Waals surface area contributed by atoms with E-state index in [0.717, 1.165) is 37.2 Å². The van der Waals surface area contributed by atoms with Crippen LogP contribution in [0.4, 0.5) is 24.9 Å². The van der Waals surface area contributed by atoms with Gasteiger partial charge in [-0.15, -0.1) is 0 Å². The van der Waals surface area contributed by atoms with Gasteiger partial charge in [0.2, 0.25) is 5.95 Å². The Morgan fingerprint density at radius 2 is 1.60 bits per heavy atom. The van der Waals surface area contributed by atoms with Gasteiger partial charge in [0.1, 0.15) is 5.82 Å².